The molecule has 0 amide bonds. The fraction of sp³-hybridized carbons (Fsp3) is 0.407. The lowest BCUT2D eigenvalue weighted by molar-refractivity contribution is -0.139. The number of fused-ring (bicyclic) bond motifs is 1. The Morgan fingerprint density at radius 2 is 1.60 bits per heavy atom. The summed E-state index contributed by atoms with van der Waals surface area (Å²) in [6, 6.07) is 5.01. The van der Waals surface area contributed by atoms with Crippen LogP contribution in [0.3, 0.4) is 0 Å². The van der Waals surface area contributed by atoms with Crippen LogP contribution in [0.25, 0.3) is 10.8 Å². The fourth-order valence-corrected chi connectivity index (χ4v) is 3.94. The molecule has 1 aliphatic rings. The summed E-state index contributed by atoms with van der Waals surface area (Å²) in [6.45, 7) is 5.88. The minimum absolute atomic E-state index is 0.0104. The molecule has 0 N–H and O–H groups in total. The van der Waals surface area contributed by atoms with Crippen LogP contribution in [0.1, 0.15) is 46.5 Å². The number of ether oxygens (including phenoxy) is 5. The quantitative estimate of drug-likeness (QED) is 0.267. The number of allylic oxidation sites excluding steroid dienone is 2. The van der Waals surface area contributed by atoms with E-state index in [-0.39, 0.29) is 29.4 Å². The van der Waals surface area contributed by atoms with Gasteiger partial charge in [-0.2, -0.15) is 0 Å². The minimum Gasteiger partial charge on any atom is -0.486 e. The Balaban J connectivity index is 2.17. The zero-order valence-electron chi connectivity index (χ0n) is 20.5. The molecule has 7 nitrogen and oxygen atoms in total. The molecule has 0 spiro atoms. The summed E-state index contributed by atoms with van der Waals surface area (Å²) in [4.78, 5) is 25.2. The third-order valence-electron chi connectivity index (χ3n) is 5.41. The molecule has 2 aromatic carbocycles. The molecule has 0 bridgehead atoms. The first kappa shape index (κ1) is 26.6. The summed E-state index contributed by atoms with van der Waals surface area (Å²) in [7, 11) is 1.56. The smallest absolute Gasteiger partial charge is 0.314 e. The number of hydrogen-bond acceptors (Lipinski definition) is 7. The number of methoxy groups -OCH3 is 1. The van der Waals surface area contributed by atoms with E-state index in [4.69, 9.17) is 35.3 Å². The van der Waals surface area contributed by atoms with Gasteiger partial charge in [0, 0.05) is 29.8 Å². The van der Waals surface area contributed by atoms with Gasteiger partial charge in [-0.25, -0.2) is 0 Å². The summed E-state index contributed by atoms with van der Waals surface area (Å²) >= 11 is 6.28. The van der Waals surface area contributed by atoms with Crippen LogP contribution in [0.5, 0.6) is 23.0 Å². The van der Waals surface area contributed by atoms with Gasteiger partial charge in [-0.15, -0.1) is 0 Å². The van der Waals surface area contributed by atoms with Gasteiger partial charge in [0.15, 0.2) is 11.5 Å². The maximum absolute atomic E-state index is 13.2. The molecule has 3 rings (SSSR count). The molecule has 0 saturated carbocycles. The molecule has 188 valence electrons. The molecular formula is C27H31ClO7. The van der Waals surface area contributed by atoms with Gasteiger partial charge in [0.2, 0.25) is 11.5 Å². The molecule has 2 aromatic rings. The van der Waals surface area contributed by atoms with E-state index in [0.29, 0.717) is 48.3 Å². The highest BCUT2D eigenvalue weighted by Gasteiger charge is 2.33. The van der Waals surface area contributed by atoms with Crippen molar-refractivity contribution in [2.45, 2.75) is 52.1 Å². The van der Waals surface area contributed by atoms with Crippen molar-refractivity contribution >= 4 is 34.3 Å². The number of rotatable bonds is 11. The van der Waals surface area contributed by atoms with Crippen LogP contribution >= 0.6 is 11.6 Å². The summed E-state index contributed by atoms with van der Waals surface area (Å²) in [5, 5.41) is 1.39. The SMILES string of the molecule is CCCOc1c(OCCC)c(OC(=O)CC2(OC)C=CC=CC2)c2ccc(Cl)cc2c1OC(C)=O. The van der Waals surface area contributed by atoms with Gasteiger partial charge < -0.3 is 23.7 Å². The maximum Gasteiger partial charge on any atom is 0.314 e. The first-order valence-corrected chi connectivity index (χ1v) is 12.0. The monoisotopic (exact) mass is 502 g/mol. The Morgan fingerprint density at radius 1 is 0.943 bits per heavy atom. The molecule has 0 radical (unpaired) electrons. The number of benzene rings is 2. The molecule has 8 heteroatoms. The molecule has 1 aliphatic carbocycles. The summed E-state index contributed by atoms with van der Waals surface area (Å²) in [5.41, 5.74) is -0.797. The molecule has 0 heterocycles. The topological polar surface area (TPSA) is 80.3 Å². The second-order valence-corrected chi connectivity index (χ2v) is 8.64. The van der Waals surface area contributed by atoms with Crippen molar-refractivity contribution in [1.82, 2.24) is 0 Å². The molecule has 1 atom stereocenters. The molecule has 0 aliphatic heterocycles. The second-order valence-electron chi connectivity index (χ2n) is 8.21. The zero-order valence-corrected chi connectivity index (χ0v) is 21.3. The summed E-state index contributed by atoms with van der Waals surface area (Å²) in [6.07, 6.45) is 9.47. The Hall–Kier alpha value is -3.03. The highest BCUT2D eigenvalue weighted by atomic mass is 35.5. The van der Waals surface area contributed by atoms with Gasteiger partial charge in [0.1, 0.15) is 5.60 Å². The average Bonchev–Trinajstić information content (AvgIpc) is 2.84. The van der Waals surface area contributed by atoms with Crippen LogP contribution < -0.4 is 18.9 Å². The number of carbonyl (C=O) groups excluding carboxylic acids is 2. The van der Waals surface area contributed by atoms with E-state index in [1.807, 2.05) is 38.2 Å². The third-order valence-corrected chi connectivity index (χ3v) is 5.65. The van der Waals surface area contributed by atoms with Crippen molar-refractivity contribution in [2.24, 2.45) is 0 Å². The van der Waals surface area contributed by atoms with Gasteiger partial charge >= 0.3 is 11.9 Å². The van der Waals surface area contributed by atoms with E-state index in [1.165, 1.54) is 6.92 Å². The highest BCUT2D eigenvalue weighted by molar-refractivity contribution is 6.31. The van der Waals surface area contributed by atoms with E-state index in [1.54, 1.807) is 25.3 Å². The first-order chi connectivity index (χ1) is 16.8. The number of hydrogen-bond donors (Lipinski definition) is 0. The fourth-order valence-electron chi connectivity index (χ4n) is 3.76. The number of carbonyl (C=O) groups is 2. The van der Waals surface area contributed by atoms with Crippen molar-refractivity contribution in [3.63, 3.8) is 0 Å². The van der Waals surface area contributed by atoms with E-state index < -0.39 is 17.5 Å². The largest absolute Gasteiger partial charge is 0.486 e. The highest BCUT2D eigenvalue weighted by Crippen LogP contribution is 2.52. The summed E-state index contributed by atoms with van der Waals surface area (Å²) < 4.78 is 29.2. The minimum atomic E-state index is -0.797. The predicted octanol–water partition coefficient (Wildman–Crippen LogP) is 6.19. The van der Waals surface area contributed by atoms with Crippen LogP contribution in [0.4, 0.5) is 0 Å². The predicted molar refractivity (Wildman–Crippen MR) is 135 cm³/mol. The van der Waals surface area contributed by atoms with Crippen LogP contribution in [0, 0.1) is 0 Å². The molecule has 0 aromatic heterocycles. The van der Waals surface area contributed by atoms with Gasteiger partial charge in [-0.3, -0.25) is 9.59 Å². The van der Waals surface area contributed by atoms with Crippen molar-refractivity contribution in [3.05, 3.63) is 47.5 Å². The van der Waals surface area contributed by atoms with Gasteiger partial charge in [-0.05, 0) is 37.5 Å². The summed E-state index contributed by atoms with van der Waals surface area (Å²) in [5.74, 6) is -0.300. The Labute approximate surface area is 210 Å². The molecule has 0 fully saturated rings. The average molecular weight is 503 g/mol. The third kappa shape index (κ3) is 6.35. The Morgan fingerprint density at radius 3 is 2.14 bits per heavy atom. The molecular weight excluding hydrogens is 472 g/mol. The zero-order chi connectivity index (χ0) is 25.4. The van der Waals surface area contributed by atoms with Crippen LogP contribution in [-0.2, 0) is 14.3 Å². The van der Waals surface area contributed by atoms with Crippen molar-refractivity contribution in [3.8, 4) is 23.0 Å². The Bertz CT molecular complexity index is 1140. The second kappa shape index (κ2) is 12.1. The van der Waals surface area contributed by atoms with Crippen LogP contribution in [0.15, 0.2) is 42.5 Å². The van der Waals surface area contributed by atoms with Crippen molar-refractivity contribution in [1.29, 1.82) is 0 Å². The van der Waals surface area contributed by atoms with E-state index in [0.717, 1.165) is 0 Å². The molecule has 35 heavy (non-hydrogen) atoms. The van der Waals surface area contributed by atoms with Gasteiger partial charge in [0.25, 0.3) is 0 Å². The van der Waals surface area contributed by atoms with Gasteiger partial charge in [0.05, 0.1) is 19.6 Å². The van der Waals surface area contributed by atoms with Crippen molar-refractivity contribution in [2.75, 3.05) is 20.3 Å². The standard InChI is InChI=1S/C27H31ClO7/c1-5-14-32-25-23(35-22(30)17-27(31-4)12-8-7-9-13-27)20-11-10-19(28)16-21(20)24(34-18(3)29)26(25)33-15-6-2/h7-12,16H,5-6,13-15,17H2,1-4H3. The van der Waals surface area contributed by atoms with E-state index >= 15 is 0 Å². The van der Waals surface area contributed by atoms with Gasteiger partial charge in [-0.1, -0.05) is 49.8 Å². The normalized spacial score (nSPS) is 16.8. The van der Waals surface area contributed by atoms with Crippen molar-refractivity contribution < 1.29 is 33.3 Å². The lowest BCUT2D eigenvalue weighted by Gasteiger charge is -2.29. The lowest BCUT2D eigenvalue weighted by atomic mass is 9.91. The maximum atomic E-state index is 13.2. The van der Waals surface area contributed by atoms with E-state index in [2.05, 4.69) is 0 Å². The van der Waals surface area contributed by atoms with Crippen LogP contribution in [0.2, 0.25) is 5.02 Å². The molecule has 0 saturated heterocycles. The van der Waals surface area contributed by atoms with Crippen LogP contribution in [-0.4, -0.2) is 37.9 Å². The van der Waals surface area contributed by atoms with E-state index in [9.17, 15) is 9.59 Å². The number of halogens is 1. The lowest BCUT2D eigenvalue weighted by Crippen LogP contribution is -2.34. The number of esters is 2. The molecule has 1 unspecified atom stereocenters. The Kier molecular flexibility index (Phi) is 9.18. The first-order valence-electron chi connectivity index (χ1n) is 11.7.